The Bertz CT molecular complexity index is 156. The molecule has 0 bridgehead atoms. The van der Waals surface area contributed by atoms with Crippen molar-refractivity contribution in [2.24, 2.45) is 16.6 Å². The molecule has 1 rings (SSSR count). The van der Waals surface area contributed by atoms with Gasteiger partial charge in [0.05, 0.1) is 0 Å². The van der Waals surface area contributed by atoms with Crippen LogP contribution in [-0.4, -0.2) is 11.8 Å². The maximum Gasteiger partial charge on any atom is 0.0404 e. The van der Waals surface area contributed by atoms with Crippen molar-refractivity contribution in [3.8, 4) is 0 Å². The maximum atomic E-state index is 5.84. The molecule has 0 saturated carbocycles. The summed E-state index contributed by atoms with van der Waals surface area (Å²) in [5.74, 6) is 0.350. The van der Waals surface area contributed by atoms with Gasteiger partial charge in [-0.3, -0.25) is 4.99 Å². The third-order valence-electron chi connectivity index (χ3n) is 1.81. The summed E-state index contributed by atoms with van der Waals surface area (Å²) in [6, 6.07) is 0. The summed E-state index contributed by atoms with van der Waals surface area (Å²) in [6.45, 7) is 4.06. The van der Waals surface area contributed by atoms with Crippen LogP contribution in [0.1, 0.15) is 13.8 Å². The van der Waals surface area contributed by atoms with Gasteiger partial charge < -0.3 is 5.73 Å². The van der Waals surface area contributed by atoms with Crippen molar-refractivity contribution in [2.75, 3.05) is 0 Å². The predicted octanol–water partition coefficient (Wildman–Crippen LogP) is 0.938. The molecular weight excluding hydrogens is 112 g/mol. The summed E-state index contributed by atoms with van der Waals surface area (Å²) < 4.78 is 0. The molecule has 9 heavy (non-hydrogen) atoms. The monoisotopic (exact) mass is 124 g/mol. The van der Waals surface area contributed by atoms with Crippen LogP contribution in [0.5, 0.6) is 0 Å². The molecule has 2 heteroatoms. The maximum absolute atomic E-state index is 5.84. The van der Waals surface area contributed by atoms with E-state index in [4.69, 9.17) is 5.73 Å². The van der Waals surface area contributed by atoms with E-state index in [2.05, 4.69) is 11.9 Å². The van der Waals surface area contributed by atoms with Gasteiger partial charge in [0.15, 0.2) is 0 Å². The van der Waals surface area contributed by atoms with E-state index in [1.54, 1.807) is 6.20 Å². The molecule has 0 amide bonds. The van der Waals surface area contributed by atoms with Crippen molar-refractivity contribution in [1.82, 2.24) is 0 Å². The van der Waals surface area contributed by atoms with Crippen LogP contribution in [0.3, 0.4) is 0 Å². The van der Waals surface area contributed by atoms with Gasteiger partial charge in [0, 0.05) is 23.9 Å². The zero-order valence-electron chi connectivity index (χ0n) is 5.83. The quantitative estimate of drug-likeness (QED) is 0.512. The Morgan fingerprint density at radius 3 is 2.67 bits per heavy atom. The summed E-state index contributed by atoms with van der Waals surface area (Å²) in [4.78, 5) is 3.97. The van der Waals surface area contributed by atoms with Gasteiger partial charge in [-0.25, -0.2) is 0 Å². The number of hydrogen-bond donors (Lipinski definition) is 1. The topological polar surface area (TPSA) is 38.4 Å². The molecular formula is C7H12N2. The fourth-order valence-electron chi connectivity index (χ4n) is 0.695. The van der Waals surface area contributed by atoms with E-state index < -0.39 is 0 Å². The molecule has 0 spiro atoms. The third kappa shape index (κ3) is 1.19. The van der Waals surface area contributed by atoms with Gasteiger partial charge in [0.2, 0.25) is 0 Å². The highest BCUT2D eigenvalue weighted by Crippen LogP contribution is 2.16. The largest absolute Gasteiger partial charge is 0.322 e. The summed E-state index contributed by atoms with van der Waals surface area (Å²) in [5.41, 5.74) is 5.65. The molecule has 0 fully saturated rings. The standard InChI is InChI=1S/C7H12N2/c1-6-5-9-4-3-7(6,2)8/h3-6H,8H2,1-2H3. The molecule has 50 valence electrons. The fraction of sp³-hybridized carbons (Fsp3) is 0.571. The average molecular weight is 124 g/mol. The number of rotatable bonds is 0. The highest BCUT2D eigenvalue weighted by atomic mass is 14.8. The van der Waals surface area contributed by atoms with Crippen LogP contribution >= 0.6 is 0 Å². The molecule has 2 nitrogen and oxygen atoms in total. The van der Waals surface area contributed by atoms with Crippen LogP contribution in [0.2, 0.25) is 0 Å². The molecule has 1 aliphatic heterocycles. The second kappa shape index (κ2) is 1.95. The van der Waals surface area contributed by atoms with E-state index >= 15 is 0 Å². The summed E-state index contributed by atoms with van der Waals surface area (Å²) in [7, 11) is 0. The van der Waals surface area contributed by atoms with Gasteiger partial charge in [0.25, 0.3) is 0 Å². The highest BCUT2D eigenvalue weighted by molar-refractivity contribution is 5.65. The molecule has 0 aromatic carbocycles. The van der Waals surface area contributed by atoms with E-state index in [1.807, 2.05) is 19.2 Å². The Balaban J connectivity index is 2.78. The van der Waals surface area contributed by atoms with Crippen molar-refractivity contribution >= 4 is 6.21 Å². The van der Waals surface area contributed by atoms with Crippen LogP contribution in [0.25, 0.3) is 0 Å². The Labute approximate surface area is 55.5 Å². The predicted molar refractivity (Wildman–Crippen MR) is 39.4 cm³/mol. The fourth-order valence-corrected chi connectivity index (χ4v) is 0.695. The van der Waals surface area contributed by atoms with Gasteiger partial charge in [-0.05, 0) is 13.0 Å². The first kappa shape index (κ1) is 6.49. The van der Waals surface area contributed by atoms with E-state index in [-0.39, 0.29) is 5.54 Å². The Morgan fingerprint density at radius 2 is 2.33 bits per heavy atom. The van der Waals surface area contributed by atoms with E-state index in [1.165, 1.54) is 0 Å². The van der Waals surface area contributed by atoms with Crippen LogP contribution in [-0.2, 0) is 0 Å². The lowest BCUT2D eigenvalue weighted by atomic mass is 9.88. The molecule has 1 aliphatic rings. The van der Waals surface area contributed by atoms with Crippen molar-refractivity contribution < 1.29 is 0 Å². The summed E-state index contributed by atoms with van der Waals surface area (Å²) >= 11 is 0. The summed E-state index contributed by atoms with van der Waals surface area (Å²) in [5, 5.41) is 0. The molecule has 2 unspecified atom stereocenters. The van der Waals surface area contributed by atoms with Gasteiger partial charge in [-0.2, -0.15) is 0 Å². The van der Waals surface area contributed by atoms with Gasteiger partial charge in [0.1, 0.15) is 0 Å². The van der Waals surface area contributed by atoms with Crippen molar-refractivity contribution in [1.29, 1.82) is 0 Å². The molecule has 0 aliphatic carbocycles. The van der Waals surface area contributed by atoms with Crippen molar-refractivity contribution in [2.45, 2.75) is 19.4 Å². The minimum Gasteiger partial charge on any atom is -0.322 e. The Morgan fingerprint density at radius 1 is 1.67 bits per heavy atom. The zero-order chi connectivity index (χ0) is 6.91. The first-order valence-electron chi connectivity index (χ1n) is 3.13. The average Bonchev–Trinajstić information content (AvgIpc) is 1.77. The molecule has 0 aromatic rings. The van der Waals surface area contributed by atoms with E-state index in [9.17, 15) is 0 Å². The van der Waals surface area contributed by atoms with Gasteiger partial charge in [-0.1, -0.05) is 6.92 Å². The number of aliphatic imine (C=N–C) groups is 1. The zero-order valence-corrected chi connectivity index (χ0v) is 5.83. The third-order valence-corrected chi connectivity index (χ3v) is 1.81. The summed E-state index contributed by atoms with van der Waals surface area (Å²) in [6.07, 6.45) is 5.55. The lowest BCUT2D eigenvalue weighted by molar-refractivity contribution is 0.485. The first-order valence-corrected chi connectivity index (χ1v) is 3.13. The van der Waals surface area contributed by atoms with Crippen molar-refractivity contribution in [3.63, 3.8) is 0 Å². The minimum absolute atomic E-state index is 0.193. The molecule has 2 N–H and O–H groups in total. The highest BCUT2D eigenvalue weighted by Gasteiger charge is 2.22. The van der Waals surface area contributed by atoms with Gasteiger partial charge in [-0.15, -0.1) is 0 Å². The second-order valence-electron chi connectivity index (χ2n) is 2.77. The van der Waals surface area contributed by atoms with E-state index in [0.717, 1.165) is 0 Å². The normalized spacial score (nSPS) is 41.4. The minimum atomic E-state index is -0.193. The Hall–Kier alpha value is -0.630. The lowest BCUT2D eigenvalue weighted by Crippen LogP contribution is -2.42. The number of nitrogens with zero attached hydrogens (tertiary/aromatic N) is 1. The van der Waals surface area contributed by atoms with Crippen LogP contribution in [0.4, 0.5) is 0 Å². The van der Waals surface area contributed by atoms with Gasteiger partial charge >= 0.3 is 0 Å². The second-order valence-corrected chi connectivity index (χ2v) is 2.77. The SMILES string of the molecule is CC1C=NC=CC1(C)N. The lowest BCUT2D eigenvalue weighted by Gasteiger charge is -2.26. The van der Waals surface area contributed by atoms with Crippen LogP contribution in [0.15, 0.2) is 17.3 Å². The molecule has 1 heterocycles. The number of hydrogen-bond acceptors (Lipinski definition) is 2. The molecule has 0 radical (unpaired) electrons. The smallest absolute Gasteiger partial charge is 0.0404 e. The Kier molecular flexibility index (Phi) is 1.41. The van der Waals surface area contributed by atoms with E-state index in [0.29, 0.717) is 5.92 Å². The van der Waals surface area contributed by atoms with Crippen LogP contribution in [0, 0.1) is 5.92 Å². The molecule has 2 atom stereocenters. The van der Waals surface area contributed by atoms with Crippen molar-refractivity contribution in [3.05, 3.63) is 12.3 Å². The van der Waals surface area contributed by atoms with Crippen LogP contribution < -0.4 is 5.73 Å². The first-order chi connectivity index (χ1) is 4.13. The molecule has 0 saturated heterocycles. The number of nitrogens with two attached hydrogens (primary N) is 1. The molecule has 0 aromatic heterocycles.